The second-order valence-electron chi connectivity index (χ2n) is 8.19. The summed E-state index contributed by atoms with van der Waals surface area (Å²) in [6.45, 7) is 10.0. The van der Waals surface area contributed by atoms with Crippen molar-refractivity contribution in [2.45, 2.75) is 72.3 Å². The Hall–Kier alpha value is -3.02. The van der Waals surface area contributed by atoms with Gasteiger partial charge in [0.1, 0.15) is 12.4 Å². The van der Waals surface area contributed by atoms with Crippen molar-refractivity contribution in [2.75, 3.05) is 11.4 Å². The lowest BCUT2D eigenvalue weighted by molar-refractivity contribution is -0.161. The Morgan fingerprint density at radius 3 is 2.06 bits per heavy atom. The van der Waals surface area contributed by atoms with Gasteiger partial charge < -0.3 is 19.1 Å². The molecular formula is C26H35NO5. The Balaban J connectivity index is 2.33. The first-order valence-corrected chi connectivity index (χ1v) is 11.3. The molecule has 0 bridgehead atoms. The van der Waals surface area contributed by atoms with Crippen molar-refractivity contribution >= 4 is 17.6 Å². The van der Waals surface area contributed by atoms with Crippen LogP contribution < -0.4 is 9.64 Å². The van der Waals surface area contributed by atoms with Gasteiger partial charge in [-0.15, -0.1) is 0 Å². The molecular weight excluding hydrogens is 406 g/mol. The Morgan fingerprint density at radius 2 is 1.50 bits per heavy atom. The van der Waals surface area contributed by atoms with Crippen molar-refractivity contribution in [3.63, 3.8) is 0 Å². The lowest BCUT2D eigenvalue weighted by Gasteiger charge is -2.32. The number of hydrogen-bond acceptors (Lipinski definition) is 6. The summed E-state index contributed by atoms with van der Waals surface area (Å²) in [6, 6.07) is 16.1. The van der Waals surface area contributed by atoms with Crippen LogP contribution >= 0.6 is 0 Å². The fourth-order valence-electron chi connectivity index (χ4n) is 3.17. The zero-order valence-corrected chi connectivity index (χ0v) is 19.7. The molecule has 0 aliphatic carbocycles. The highest BCUT2D eigenvalue weighted by Crippen LogP contribution is 2.26. The van der Waals surface area contributed by atoms with Gasteiger partial charge in [0, 0.05) is 18.3 Å². The molecule has 2 aromatic rings. The van der Waals surface area contributed by atoms with Crippen molar-refractivity contribution in [3.05, 3.63) is 60.2 Å². The van der Waals surface area contributed by atoms with Gasteiger partial charge in [-0.1, -0.05) is 49.7 Å². The van der Waals surface area contributed by atoms with Crippen LogP contribution in [-0.4, -0.2) is 36.7 Å². The second kappa shape index (κ2) is 12.7. The molecule has 2 aromatic carbocycles. The maximum atomic E-state index is 13.0. The normalized spacial score (nSPS) is 11.0. The van der Waals surface area contributed by atoms with Gasteiger partial charge in [-0.05, 0) is 51.8 Å². The van der Waals surface area contributed by atoms with E-state index in [-0.39, 0.29) is 12.2 Å². The topological polar surface area (TPSA) is 65.1 Å². The van der Waals surface area contributed by atoms with Gasteiger partial charge in [0.2, 0.25) is 6.04 Å². The molecule has 0 amide bonds. The average Bonchev–Trinajstić information content (AvgIpc) is 2.75. The lowest BCUT2D eigenvalue weighted by atomic mass is 10.1. The van der Waals surface area contributed by atoms with Gasteiger partial charge in [0.15, 0.2) is 0 Å². The molecule has 6 heteroatoms. The van der Waals surface area contributed by atoms with Crippen LogP contribution in [0.3, 0.4) is 0 Å². The van der Waals surface area contributed by atoms with E-state index in [0.717, 1.165) is 18.4 Å². The monoisotopic (exact) mass is 441 g/mol. The second-order valence-corrected chi connectivity index (χ2v) is 8.19. The number of anilines is 1. The van der Waals surface area contributed by atoms with E-state index in [4.69, 9.17) is 14.2 Å². The van der Waals surface area contributed by atoms with E-state index >= 15 is 0 Å². The molecule has 0 fully saturated rings. The van der Waals surface area contributed by atoms with Gasteiger partial charge in [-0.25, -0.2) is 9.59 Å². The Labute approximate surface area is 191 Å². The SMILES string of the molecule is CCCCN(c1cccc(OCc2ccccc2)c1)C(C(=O)OC(C)C)C(=O)OC(C)C. The number of ether oxygens (including phenoxy) is 3. The van der Waals surface area contributed by atoms with Crippen LogP contribution in [0.25, 0.3) is 0 Å². The minimum atomic E-state index is -1.18. The third kappa shape index (κ3) is 7.91. The fourth-order valence-corrected chi connectivity index (χ4v) is 3.17. The van der Waals surface area contributed by atoms with Gasteiger partial charge in [-0.2, -0.15) is 0 Å². The predicted molar refractivity (Wildman–Crippen MR) is 126 cm³/mol. The zero-order valence-electron chi connectivity index (χ0n) is 19.7. The maximum Gasteiger partial charge on any atom is 0.340 e. The summed E-state index contributed by atoms with van der Waals surface area (Å²) in [7, 11) is 0. The van der Waals surface area contributed by atoms with Crippen LogP contribution in [0, 0.1) is 0 Å². The molecule has 0 radical (unpaired) electrons. The van der Waals surface area contributed by atoms with Crippen molar-refractivity contribution in [2.24, 2.45) is 0 Å². The zero-order chi connectivity index (χ0) is 23.5. The standard InChI is InChI=1S/C26H35NO5/c1-6-7-16-27(24(25(28)31-19(2)3)26(29)32-20(4)5)22-14-11-15-23(17-22)30-18-21-12-9-8-10-13-21/h8-15,17,19-20,24H,6-7,16,18H2,1-5H3. The van der Waals surface area contributed by atoms with Crippen LogP contribution in [0.2, 0.25) is 0 Å². The molecule has 0 aliphatic heterocycles. The van der Waals surface area contributed by atoms with Crippen LogP contribution in [0.15, 0.2) is 54.6 Å². The summed E-state index contributed by atoms with van der Waals surface area (Å²) in [5, 5.41) is 0. The predicted octanol–water partition coefficient (Wildman–Crippen LogP) is 5.14. The Bertz CT molecular complexity index is 828. The maximum absolute atomic E-state index is 13.0. The van der Waals surface area contributed by atoms with Gasteiger partial charge in [-0.3, -0.25) is 0 Å². The highest BCUT2D eigenvalue weighted by Gasteiger charge is 2.37. The van der Waals surface area contributed by atoms with Gasteiger partial charge in [0.05, 0.1) is 12.2 Å². The molecule has 0 saturated heterocycles. The van der Waals surface area contributed by atoms with Crippen LogP contribution in [-0.2, 0) is 25.7 Å². The number of carbonyl (C=O) groups is 2. The minimum Gasteiger partial charge on any atom is -0.489 e. The number of hydrogen-bond donors (Lipinski definition) is 0. The van der Waals surface area contributed by atoms with E-state index in [1.807, 2.05) is 54.6 Å². The number of rotatable bonds is 12. The summed E-state index contributed by atoms with van der Waals surface area (Å²) >= 11 is 0. The van der Waals surface area contributed by atoms with E-state index in [1.54, 1.807) is 32.6 Å². The molecule has 6 nitrogen and oxygen atoms in total. The first-order chi connectivity index (χ1) is 15.3. The summed E-state index contributed by atoms with van der Waals surface area (Å²) in [4.78, 5) is 27.7. The number of esters is 2. The smallest absolute Gasteiger partial charge is 0.340 e. The molecule has 174 valence electrons. The van der Waals surface area contributed by atoms with E-state index in [0.29, 0.717) is 24.6 Å². The molecule has 2 rings (SSSR count). The molecule has 0 N–H and O–H groups in total. The minimum absolute atomic E-state index is 0.342. The number of unbranched alkanes of at least 4 members (excludes halogenated alkanes) is 1. The molecule has 0 unspecified atom stereocenters. The van der Waals surface area contributed by atoms with Crippen LogP contribution in [0.5, 0.6) is 5.75 Å². The van der Waals surface area contributed by atoms with E-state index < -0.39 is 18.0 Å². The van der Waals surface area contributed by atoms with Gasteiger partial charge >= 0.3 is 11.9 Å². The van der Waals surface area contributed by atoms with E-state index in [1.165, 1.54) is 0 Å². The van der Waals surface area contributed by atoms with Crippen LogP contribution in [0.1, 0.15) is 53.0 Å². The number of benzene rings is 2. The lowest BCUT2D eigenvalue weighted by Crippen LogP contribution is -2.50. The average molecular weight is 442 g/mol. The van der Waals surface area contributed by atoms with Crippen molar-refractivity contribution in [3.8, 4) is 5.75 Å². The summed E-state index contributed by atoms with van der Waals surface area (Å²) < 4.78 is 16.8. The van der Waals surface area contributed by atoms with Crippen molar-refractivity contribution in [1.82, 2.24) is 0 Å². The summed E-state index contributed by atoms with van der Waals surface area (Å²) in [5.41, 5.74) is 1.76. The molecule has 0 atom stereocenters. The quantitative estimate of drug-likeness (QED) is 0.335. The third-order valence-corrected chi connectivity index (χ3v) is 4.61. The number of carbonyl (C=O) groups excluding carboxylic acids is 2. The van der Waals surface area contributed by atoms with Gasteiger partial charge in [0.25, 0.3) is 0 Å². The van der Waals surface area contributed by atoms with Crippen molar-refractivity contribution < 1.29 is 23.8 Å². The highest BCUT2D eigenvalue weighted by atomic mass is 16.6. The largest absolute Gasteiger partial charge is 0.489 e. The van der Waals surface area contributed by atoms with Crippen molar-refractivity contribution in [1.29, 1.82) is 0 Å². The number of nitrogens with zero attached hydrogens (tertiary/aromatic N) is 1. The Kier molecular flexibility index (Phi) is 10.1. The molecule has 0 heterocycles. The molecule has 32 heavy (non-hydrogen) atoms. The molecule has 0 saturated carbocycles. The molecule has 0 spiro atoms. The first kappa shape index (κ1) is 25.2. The summed E-state index contributed by atoms with van der Waals surface area (Å²) in [6.07, 6.45) is 1.03. The first-order valence-electron chi connectivity index (χ1n) is 11.3. The summed E-state index contributed by atoms with van der Waals surface area (Å²) in [5.74, 6) is -0.573. The molecule has 0 aliphatic rings. The third-order valence-electron chi connectivity index (χ3n) is 4.61. The van der Waals surface area contributed by atoms with E-state index in [9.17, 15) is 9.59 Å². The highest BCUT2D eigenvalue weighted by molar-refractivity contribution is 6.02. The van der Waals surface area contributed by atoms with E-state index in [2.05, 4.69) is 6.92 Å². The fraction of sp³-hybridized carbons (Fsp3) is 0.462. The van der Waals surface area contributed by atoms with Crippen LogP contribution in [0.4, 0.5) is 5.69 Å². The Morgan fingerprint density at radius 1 is 0.875 bits per heavy atom. The molecule has 0 aromatic heterocycles.